The second kappa shape index (κ2) is 6.47. The highest BCUT2D eigenvalue weighted by atomic mass is 32.1. The molecule has 0 atom stereocenters. The van der Waals surface area contributed by atoms with Crippen LogP contribution >= 0.6 is 11.3 Å². The molecule has 2 rings (SSSR count). The molecule has 0 unspecified atom stereocenters. The number of nitrogens with one attached hydrogen (secondary N) is 1. The minimum atomic E-state index is 0.637. The maximum Gasteiger partial charge on any atom is 0.0929 e. The molecule has 1 aliphatic rings. The zero-order chi connectivity index (χ0) is 12.1. The summed E-state index contributed by atoms with van der Waals surface area (Å²) in [6.45, 7) is 3.75. The molecular formula is C13H22N2OS. The van der Waals surface area contributed by atoms with Gasteiger partial charge in [-0.25, -0.2) is 4.98 Å². The Morgan fingerprint density at radius 1 is 1.41 bits per heavy atom. The Labute approximate surface area is 108 Å². The van der Waals surface area contributed by atoms with Crippen molar-refractivity contribution in [2.75, 3.05) is 7.11 Å². The van der Waals surface area contributed by atoms with Crippen molar-refractivity contribution >= 4 is 11.3 Å². The van der Waals surface area contributed by atoms with Gasteiger partial charge in [-0.2, -0.15) is 0 Å². The number of hydrogen-bond acceptors (Lipinski definition) is 4. The molecule has 3 nitrogen and oxygen atoms in total. The summed E-state index contributed by atoms with van der Waals surface area (Å²) in [6.07, 6.45) is 6.44. The third-order valence-electron chi connectivity index (χ3n) is 3.31. The van der Waals surface area contributed by atoms with Gasteiger partial charge in [0, 0.05) is 24.6 Å². The number of nitrogens with zero attached hydrogens (tertiary/aromatic N) is 1. The SMILES string of the molecule is CCc1nc(COC)c(CNC2CCCC2)s1. The Kier molecular flexibility index (Phi) is 4.95. The molecule has 1 aromatic heterocycles. The summed E-state index contributed by atoms with van der Waals surface area (Å²) in [5.41, 5.74) is 1.12. The molecule has 0 saturated heterocycles. The Bertz CT molecular complexity index is 345. The number of aromatic nitrogens is 1. The lowest BCUT2D eigenvalue weighted by atomic mass is 10.2. The molecule has 0 aliphatic heterocycles. The van der Waals surface area contributed by atoms with E-state index in [1.807, 2.05) is 11.3 Å². The van der Waals surface area contributed by atoms with Crippen molar-refractivity contribution in [1.82, 2.24) is 10.3 Å². The molecule has 4 heteroatoms. The van der Waals surface area contributed by atoms with Gasteiger partial charge in [-0.15, -0.1) is 11.3 Å². The smallest absolute Gasteiger partial charge is 0.0929 e. The molecular weight excluding hydrogens is 232 g/mol. The van der Waals surface area contributed by atoms with Crippen molar-refractivity contribution in [1.29, 1.82) is 0 Å². The summed E-state index contributed by atoms with van der Waals surface area (Å²) in [4.78, 5) is 5.97. The molecule has 0 amide bonds. The Balaban J connectivity index is 1.94. The van der Waals surface area contributed by atoms with Crippen molar-refractivity contribution in [3.05, 3.63) is 15.6 Å². The monoisotopic (exact) mass is 254 g/mol. The molecule has 1 aromatic rings. The normalized spacial score (nSPS) is 16.8. The summed E-state index contributed by atoms with van der Waals surface area (Å²) in [7, 11) is 1.74. The van der Waals surface area contributed by atoms with E-state index in [2.05, 4.69) is 17.2 Å². The maximum absolute atomic E-state index is 5.21. The van der Waals surface area contributed by atoms with Gasteiger partial charge in [0.25, 0.3) is 0 Å². The fourth-order valence-electron chi connectivity index (χ4n) is 2.34. The molecule has 17 heavy (non-hydrogen) atoms. The van der Waals surface area contributed by atoms with Gasteiger partial charge in [-0.05, 0) is 19.3 Å². The molecule has 1 aliphatic carbocycles. The van der Waals surface area contributed by atoms with Crippen molar-refractivity contribution in [3.8, 4) is 0 Å². The standard InChI is InChI=1S/C13H22N2OS/c1-3-13-15-11(9-16-2)12(17-13)8-14-10-6-4-5-7-10/h10,14H,3-9H2,1-2H3. The number of ether oxygens (including phenoxy) is 1. The van der Waals surface area contributed by atoms with Crippen LogP contribution in [0.2, 0.25) is 0 Å². The van der Waals surface area contributed by atoms with E-state index in [-0.39, 0.29) is 0 Å². The summed E-state index contributed by atoms with van der Waals surface area (Å²) in [5.74, 6) is 0. The van der Waals surface area contributed by atoms with E-state index < -0.39 is 0 Å². The van der Waals surface area contributed by atoms with Crippen LogP contribution in [0.1, 0.15) is 48.2 Å². The van der Waals surface area contributed by atoms with E-state index in [0.717, 1.165) is 24.7 Å². The van der Waals surface area contributed by atoms with E-state index in [1.165, 1.54) is 35.6 Å². The van der Waals surface area contributed by atoms with Crippen LogP contribution in [0.4, 0.5) is 0 Å². The third kappa shape index (κ3) is 3.50. The first kappa shape index (κ1) is 13.0. The van der Waals surface area contributed by atoms with Crippen LogP contribution in [-0.4, -0.2) is 18.1 Å². The fourth-order valence-corrected chi connectivity index (χ4v) is 3.31. The highest BCUT2D eigenvalue weighted by Gasteiger charge is 2.16. The minimum absolute atomic E-state index is 0.637. The van der Waals surface area contributed by atoms with Crippen molar-refractivity contribution in [2.45, 2.75) is 58.2 Å². The van der Waals surface area contributed by atoms with Gasteiger partial charge in [-0.3, -0.25) is 0 Å². The second-order valence-corrected chi connectivity index (χ2v) is 5.79. The molecule has 0 radical (unpaired) electrons. The van der Waals surface area contributed by atoms with Gasteiger partial charge in [0.05, 0.1) is 17.3 Å². The lowest BCUT2D eigenvalue weighted by Gasteiger charge is -2.11. The zero-order valence-electron chi connectivity index (χ0n) is 10.8. The largest absolute Gasteiger partial charge is 0.378 e. The lowest BCUT2D eigenvalue weighted by molar-refractivity contribution is 0.181. The molecule has 1 N–H and O–H groups in total. The fraction of sp³-hybridized carbons (Fsp3) is 0.769. The van der Waals surface area contributed by atoms with E-state index in [0.29, 0.717) is 6.61 Å². The van der Waals surface area contributed by atoms with Crippen molar-refractivity contribution in [3.63, 3.8) is 0 Å². The molecule has 0 aromatic carbocycles. The predicted molar refractivity (Wildman–Crippen MR) is 71.3 cm³/mol. The van der Waals surface area contributed by atoms with Gasteiger partial charge in [0.15, 0.2) is 0 Å². The topological polar surface area (TPSA) is 34.1 Å². The first-order valence-electron chi connectivity index (χ1n) is 6.53. The first-order valence-corrected chi connectivity index (χ1v) is 7.35. The van der Waals surface area contributed by atoms with Crippen LogP contribution in [0.5, 0.6) is 0 Å². The third-order valence-corrected chi connectivity index (χ3v) is 4.55. The second-order valence-electron chi connectivity index (χ2n) is 4.63. The molecule has 1 fully saturated rings. The van der Waals surface area contributed by atoms with Crippen molar-refractivity contribution < 1.29 is 4.74 Å². The number of aryl methyl sites for hydroxylation is 1. The van der Waals surface area contributed by atoms with E-state index >= 15 is 0 Å². The molecule has 1 saturated carbocycles. The summed E-state index contributed by atoms with van der Waals surface area (Å²) in [6, 6.07) is 0.720. The van der Waals surface area contributed by atoms with E-state index in [1.54, 1.807) is 7.11 Å². The van der Waals surface area contributed by atoms with Crippen LogP contribution < -0.4 is 5.32 Å². The Hall–Kier alpha value is -0.450. The highest BCUT2D eigenvalue weighted by molar-refractivity contribution is 7.11. The van der Waals surface area contributed by atoms with Crippen LogP contribution in [0, 0.1) is 0 Å². The predicted octanol–water partition coefficient (Wildman–Crippen LogP) is 2.88. The molecule has 96 valence electrons. The first-order chi connectivity index (χ1) is 8.33. The maximum atomic E-state index is 5.21. The van der Waals surface area contributed by atoms with Crippen LogP contribution in [0.15, 0.2) is 0 Å². The average molecular weight is 254 g/mol. The van der Waals surface area contributed by atoms with Gasteiger partial charge < -0.3 is 10.1 Å². The number of hydrogen-bond donors (Lipinski definition) is 1. The Morgan fingerprint density at radius 2 is 2.18 bits per heavy atom. The van der Waals surface area contributed by atoms with Crippen LogP contribution in [-0.2, 0) is 24.3 Å². The number of methoxy groups -OCH3 is 1. The van der Waals surface area contributed by atoms with Gasteiger partial charge >= 0.3 is 0 Å². The average Bonchev–Trinajstić information content (AvgIpc) is 2.96. The molecule has 0 spiro atoms. The van der Waals surface area contributed by atoms with Crippen molar-refractivity contribution in [2.24, 2.45) is 0 Å². The minimum Gasteiger partial charge on any atom is -0.378 e. The van der Waals surface area contributed by atoms with E-state index in [9.17, 15) is 0 Å². The highest BCUT2D eigenvalue weighted by Crippen LogP contribution is 2.22. The van der Waals surface area contributed by atoms with Crippen LogP contribution in [0.3, 0.4) is 0 Å². The summed E-state index contributed by atoms with van der Waals surface area (Å²) >= 11 is 1.83. The quantitative estimate of drug-likeness (QED) is 0.847. The summed E-state index contributed by atoms with van der Waals surface area (Å²) in [5, 5.41) is 4.87. The van der Waals surface area contributed by atoms with E-state index in [4.69, 9.17) is 4.74 Å². The van der Waals surface area contributed by atoms with Gasteiger partial charge in [0.2, 0.25) is 0 Å². The van der Waals surface area contributed by atoms with Crippen LogP contribution in [0.25, 0.3) is 0 Å². The molecule has 1 heterocycles. The number of rotatable bonds is 6. The van der Waals surface area contributed by atoms with Gasteiger partial charge in [0.1, 0.15) is 0 Å². The molecule has 0 bridgehead atoms. The lowest BCUT2D eigenvalue weighted by Crippen LogP contribution is -2.25. The Morgan fingerprint density at radius 3 is 2.82 bits per heavy atom. The zero-order valence-corrected chi connectivity index (χ0v) is 11.6. The van der Waals surface area contributed by atoms with Gasteiger partial charge in [-0.1, -0.05) is 19.8 Å². The number of thiazole rings is 1. The summed E-state index contributed by atoms with van der Waals surface area (Å²) < 4.78 is 5.21.